The number of hydrogen-bond donors (Lipinski definition) is 1. The highest BCUT2D eigenvalue weighted by molar-refractivity contribution is 5.99. The molecular weight excluding hydrogens is 436 g/mol. The van der Waals surface area contributed by atoms with Crippen molar-refractivity contribution in [2.24, 2.45) is 0 Å². The Balaban J connectivity index is 1.51. The van der Waals surface area contributed by atoms with Crippen LogP contribution in [0.1, 0.15) is 60.0 Å². The number of halogens is 2. The second kappa shape index (κ2) is 9.71. The van der Waals surface area contributed by atoms with E-state index in [4.69, 9.17) is 4.98 Å². The highest BCUT2D eigenvalue weighted by Gasteiger charge is 2.40. The zero-order valence-corrected chi connectivity index (χ0v) is 19.2. The van der Waals surface area contributed by atoms with Crippen LogP contribution in [0.4, 0.5) is 8.78 Å². The maximum atomic E-state index is 14.0. The lowest BCUT2D eigenvalue weighted by atomic mass is 10.0. The highest BCUT2D eigenvalue weighted by atomic mass is 19.1. The van der Waals surface area contributed by atoms with Crippen molar-refractivity contribution in [3.63, 3.8) is 0 Å². The quantitative estimate of drug-likeness (QED) is 0.570. The van der Waals surface area contributed by atoms with E-state index >= 15 is 0 Å². The van der Waals surface area contributed by atoms with Crippen molar-refractivity contribution in [2.75, 3.05) is 6.54 Å². The van der Waals surface area contributed by atoms with E-state index in [0.29, 0.717) is 13.0 Å². The fraction of sp³-hybridized carbons (Fsp3) is 0.296. The van der Waals surface area contributed by atoms with Gasteiger partial charge in [0.2, 0.25) is 5.91 Å². The van der Waals surface area contributed by atoms with Gasteiger partial charge in [0.15, 0.2) is 0 Å². The molecular formula is C27H27F2N3O2. The summed E-state index contributed by atoms with van der Waals surface area (Å²) in [6, 6.07) is 17.5. The molecule has 0 saturated carbocycles. The summed E-state index contributed by atoms with van der Waals surface area (Å²) in [6.45, 7) is 3.78. The number of rotatable bonds is 6. The average Bonchev–Trinajstić information content (AvgIpc) is 3.28. The average molecular weight is 464 g/mol. The molecule has 0 bridgehead atoms. The second-order valence-corrected chi connectivity index (χ2v) is 9.08. The molecule has 0 unspecified atom stereocenters. The Morgan fingerprint density at radius 1 is 1.06 bits per heavy atom. The molecule has 1 atom stereocenters. The van der Waals surface area contributed by atoms with E-state index < -0.39 is 17.3 Å². The number of benzene rings is 2. The maximum absolute atomic E-state index is 14.0. The molecule has 5 nitrogen and oxygen atoms in total. The van der Waals surface area contributed by atoms with Crippen LogP contribution in [-0.2, 0) is 11.2 Å². The van der Waals surface area contributed by atoms with Crippen LogP contribution in [0.15, 0.2) is 66.7 Å². The van der Waals surface area contributed by atoms with Gasteiger partial charge in [-0.05, 0) is 68.7 Å². The first-order valence-electron chi connectivity index (χ1n) is 11.3. The third-order valence-corrected chi connectivity index (χ3v) is 6.04. The first-order chi connectivity index (χ1) is 16.2. The molecule has 0 radical (unpaired) electrons. The molecule has 1 aliphatic rings. The molecule has 2 heterocycles. The van der Waals surface area contributed by atoms with Gasteiger partial charge in [-0.3, -0.25) is 14.6 Å². The van der Waals surface area contributed by atoms with Crippen LogP contribution >= 0.6 is 0 Å². The van der Waals surface area contributed by atoms with E-state index in [1.54, 1.807) is 30.9 Å². The Morgan fingerprint density at radius 3 is 2.59 bits per heavy atom. The van der Waals surface area contributed by atoms with Crippen molar-refractivity contribution in [3.05, 3.63) is 101 Å². The summed E-state index contributed by atoms with van der Waals surface area (Å²) in [5.74, 6) is -1.82. The normalized spacial score (nSPS) is 15.9. The van der Waals surface area contributed by atoms with Crippen LogP contribution in [-0.4, -0.2) is 33.8 Å². The third-order valence-electron chi connectivity index (χ3n) is 6.04. The first kappa shape index (κ1) is 23.5. The second-order valence-electron chi connectivity index (χ2n) is 9.08. The summed E-state index contributed by atoms with van der Waals surface area (Å²) in [5, 5.41) is 2.69. The minimum atomic E-state index is -1.23. The molecule has 176 valence electrons. The summed E-state index contributed by atoms with van der Waals surface area (Å²) in [6.07, 6.45) is 2.04. The van der Waals surface area contributed by atoms with Gasteiger partial charge in [-0.2, -0.15) is 0 Å². The van der Waals surface area contributed by atoms with Crippen LogP contribution in [0.25, 0.3) is 0 Å². The van der Waals surface area contributed by atoms with Crippen molar-refractivity contribution in [1.82, 2.24) is 15.2 Å². The number of likely N-dealkylation sites (tertiary alicyclic amines) is 1. The van der Waals surface area contributed by atoms with Gasteiger partial charge >= 0.3 is 0 Å². The molecule has 4 rings (SSSR count). The highest BCUT2D eigenvalue weighted by Crippen LogP contribution is 2.33. The summed E-state index contributed by atoms with van der Waals surface area (Å²) in [4.78, 5) is 32.6. The molecule has 34 heavy (non-hydrogen) atoms. The van der Waals surface area contributed by atoms with Gasteiger partial charge in [-0.15, -0.1) is 0 Å². The van der Waals surface area contributed by atoms with E-state index in [9.17, 15) is 18.4 Å². The lowest BCUT2D eigenvalue weighted by molar-refractivity contribution is -0.137. The summed E-state index contributed by atoms with van der Waals surface area (Å²) in [5.41, 5.74) is 1.03. The Hall–Kier alpha value is -3.61. The zero-order valence-electron chi connectivity index (χ0n) is 19.2. The maximum Gasteiger partial charge on any atom is 0.255 e. The topological polar surface area (TPSA) is 62.3 Å². The number of amides is 2. The minimum absolute atomic E-state index is 0.104. The molecule has 0 aliphatic carbocycles. The third kappa shape index (κ3) is 5.14. The predicted molar refractivity (Wildman–Crippen MR) is 125 cm³/mol. The number of carbonyl (C=O) groups excluding carboxylic acids is 2. The first-order valence-corrected chi connectivity index (χ1v) is 11.3. The smallest absolute Gasteiger partial charge is 0.255 e. The number of aromatic nitrogens is 1. The lowest BCUT2D eigenvalue weighted by Crippen LogP contribution is -2.55. The Morgan fingerprint density at radius 2 is 1.82 bits per heavy atom. The van der Waals surface area contributed by atoms with Crippen molar-refractivity contribution in [2.45, 2.75) is 44.7 Å². The molecule has 1 saturated heterocycles. The molecule has 1 fully saturated rings. The zero-order chi connectivity index (χ0) is 24.3. The van der Waals surface area contributed by atoms with Crippen LogP contribution < -0.4 is 5.32 Å². The number of hydrogen-bond acceptors (Lipinski definition) is 3. The SMILES string of the molecule is CC(C)(NC(=O)c1ccccc1F)C(=O)N1CCC[C@@H]1c1cccc(Cc2cccc(F)c2)n1. The molecule has 1 N–H and O–H groups in total. The number of nitrogens with one attached hydrogen (secondary N) is 1. The molecule has 2 aromatic carbocycles. The minimum Gasteiger partial charge on any atom is -0.338 e. The Bertz CT molecular complexity index is 1210. The molecule has 0 spiro atoms. The van der Waals surface area contributed by atoms with Crippen LogP contribution in [0.2, 0.25) is 0 Å². The Kier molecular flexibility index (Phi) is 6.72. The van der Waals surface area contributed by atoms with Gasteiger partial charge in [0.05, 0.1) is 17.3 Å². The van der Waals surface area contributed by atoms with Crippen LogP contribution in [0, 0.1) is 11.6 Å². The van der Waals surface area contributed by atoms with Crippen LogP contribution in [0.5, 0.6) is 0 Å². The largest absolute Gasteiger partial charge is 0.338 e. The van der Waals surface area contributed by atoms with E-state index in [0.717, 1.165) is 29.8 Å². The number of nitrogens with zero attached hydrogens (tertiary/aromatic N) is 2. The standard InChI is InChI=1S/C27H27F2N3O2/c1-27(2,31-25(33)21-11-3-4-12-22(21)29)26(34)32-15-7-14-24(32)23-13-6-10-20(30-23)17-18-8-5-9-19(28)16-18/h3-6,8-13,16,24H,7,14-15,17H2,1-2H3,(H,31,33)/t24-/m1/s1. The summed E-state index contributed by atoms with van der Waals surface area (Å²) >= 11 is 0. The predicted octanol–water partition coefficient (Wildman–Crippen LogP) is 4.82. The van der Waals surface area contributed by atoms with Crippen molar-refractivity contribution in [1.29, 1.82) is 0 Å². The van der Waals surface area contributed by atoms with Gasteiger partial charge < -0.3 is 10.2 Å². The summed E-state index contributed by atoms with van der Waals surface area (Å²) < 4.78 is 27.6. The molecule has 1 aliphatic heterocycles. The van der Waals surface area contributed by atoms with E-state index in [1.165, 1.54) is 30.3 Å². The van der Waals surface area contributed by atoms with Crippen molar-refractivity contribution in [3.8, 4) is 0 Å². The Labute approximate surface area is 197 Å². The van der Waals surface area contributed by atoms with Gasteiger partial charge in [-0.1, -0.05) is 30.3 Å². The monoisotopic (exact) mass is 463 g/mol. The fourth-order valence-corrected chi connectivity index (χ4v) is 4.36. The van der Waals surface area contributed by atoms with Gasteiger partial charge in [0, 0.05) is 18.7 Å². The van der Waals surface area contributed by atoms with Gasteiger partial charge in [0.25, 0.3) is 5.91 Å². The number of pyridine rings is 1. The number of carbonyl (C=O) groups is 2. The van der Waals surface area contributed by atoms with Crippen molar-refractivity contribution >= 4 is 11.8 Å². The molecule has 7 heteroatoms. The molecule has 3 aromatic rings. The molecule has 2 amide bonds. The molecule has 1 aromatic heterocycles. The fourth-order valence-electron chi connectivity index (χ4n) is 4.36. The summed E-state index contributed by atoms with van der Waals surface area (Å²) in [7, 11) is 0. The lowest BCUT2D eigenvalue weighted by Gasteiger charge is -2.33. The van der Waals surface area contributed by atoms with E-state index in [1.807, 2.05) is 24.3 Å². The van der Waals surface area contributed by atoms with Crippen molar-refractivity contribution < 1.29 is 18.4 Å². The van der Waals surface area contributed by atoms with Crippen LogP contribution in [0.3, 0.4) is 0 Å². The van der Waals surface area contributed by atoms with E-state index in [2.05, 4.69) is 5.32 Å². The van der Waals surface area contributed by atoms with Gasteiger partial charge in [0.1, 0.15) is 17.2 Å². The van der Waals surface area contributed by atoms with E-state index in [-0.39, 0.29) is 23.3 Å². The van der Waals surface area contributed by atoms with Gasteiger partial charge in [-0.25, -0.2) is 8.78 Å².